The molecule has 0 saturated heterocycles. The zero-order valence-corrected chi connectivity index (χ0v) is 9.53. The van der Waals surface area contributed by atoms with Gasteiger partial charge in [-0.2, -0.15) is 0 Å². The topological polar surface area (TPSA) is 22.1 Å². The summed E-state index contributed by atoms with van der Waals surface area (Å²) >= 11 is 0. The van der Waals surface area contributed by atoms with Gasteiger partial charge in [-0.15, -0.1) is 13.2 Å². The average molecular weight is 253 g/mol. The number of hydrogen-bond acceptors (Lipinski definition) is 2. The summed E-state index contributed by atoms with van der Waals surface area (Å²) in [5.41, 5.74) is 1.89. The molecule has 0 aliphatic carbocycles. The first-order chi connectivity index (χ1) is 8.46. The van der Waals surface area contributed by atoms with Crippen LogP contribution >= 0.6 is 0 Å². The number of halogens is 3. The maximum absolute atomic E-state index is 12.3. The van der Waals surface area contributed by atoms with E-state index in [9.17, 15) is 13.2 Å². The van der Waals surface area contributed by atoms with E-state index in [2.05, 4.69) is 9.72 Å². The van der Waals surface area contributed by atoms with Crippen molar-refractivity contribution in [2.24, 2.45) is 0 Å². The number of pyridine rings is 1. The zero-order valence-electron chi connectivity index (χ0n) is 9.53. The van der Waals surface area contributed by atoms with Crippen LogP contribution in [0.4, 0.5) is 13.2 Å². The van der Waals surface area contributed by atoms with Crippen molar-refractivity contribution in [3.63, 3.8) is 0 Å². The van der Waals surface area contributed by atoms with Crippen molar-refractivity contribution in [2.45, 2.75) is 13.3 Å². The Morgan fingerprint density at radius 3 is 2.33 bits per heavy atom. The Hall–Kier alpha value is -2.04. The van der Waals surface area contributed by atoms with Crippen LogP contribution in [0.15, 0.2) is 42.7 Å². The van der Waals surface area contributed by atoms with E-state index in [0.717, 1.165) is 5.56 Å². The van der Waals surface area contributed by atoms with E-state index in [4.69, 9.17) is 0 Å². The summed E-state index contributed by atoms with van der Waals surface area (Å²) in [6.07, 6.45) is -1.65. The smallest absolute Gasteiger partial charge is 0.405 e. The molecule has 0 atom stereocenters. The summed E-state index contributed by atoms with van der Waals surface area (Å²) in [6.45, 7) is 1.81. The highest BCUT2D eigenvalue weighted by molar-refractivity contribution is 5.70. The van der Waals surface area contributed by atoms with Crippen LogP contribution in [-0.2, 0) is 0 Å². The summed E-state index contributed by atoms with van der Waals surface area (Å²) in [4.78, 5) is 3.83. The molecule has 0 saturated carbocycles. The van der Waals surface area contributed by atoms with Crippen LogP contribution < -0.4 is 4.74 Å². The van der Waals surface area contributed by atoms with E-state index in [1.54, 1.807) is 24.3 Å². The van der Waals surface area contributed by atoms with Gasteiger partial charge in [-0.1, -0.05) is 11.6 Å². The molecule has 2 rings (SSSR count). The van der Waals surface area contributed by atoms with Gasteiger partial charge in [-0.05, 0) is 36.8 Å². The van der Waals surface area contributed by atoms with E-state index < -0.39 is 6.36 Å². The first-order valence-corrected chi connectivity index (χ1v) is 5.22. The Balaban J connectivity index is 2.48. The molecular weight excluding hydrogens is 243 g/mol. The molecule has 94 valence electrons. The molecule has 0 aliphatic rings. The molecule has 0 spiro atoms. The second-order valence-corrected chi connectivity index (χ2v) is 3.78. The van der Waals surface area contributed by atoms with Crippen LogP contribution in [0.2, 0.25) is 0 Å². The van der Waals surface area contributed by atoms with Crippen LogP contribution in [-0.4, -0.2) is 11.3 Å². The molecule has 0 aliphatic heterocycles. The van der Waals surface area contributed by atoms with Crippen molar-refractivity contribution in [3.8, 4) is 16.9 Å². The van der Waals surface area contributed by atoms with Gasteiger partial charge >= 0.3 is 6.36 Å². The minimum atomic E-state index is -4.70. The molecule has 1 heterocycles. The second-order valence-electron chi connectivity index (χ2n) is 3.78. The van der Waals surface area contributed by atoms with Gasteiger partial charge in [0.1, 0.15) is 5.75 Å². The van der Waals surface area contributed by atoms with Gasteiger partial charge in [0.25, 0.3) is 0 Å². The fourth-order valence-electron chi connectivity index (χ4n) is 1.61. The number of hydrogen-bond donors (Lipinski definition) is 0. The molecule has 0 amide bonds. The van der Waals surface area contributed by atoms with E-state index >= 15 is 0 Å². The molecular formula is C13H10F3NO. The lowest BCUT2D eigenvalue weighted by Gasteiger charge is -2.14. The third-order valence-corrected chi connectivity index (χ3v) is 2.35. The molecule has 18 heavy (non-hydrogen) atoms. The maximum atomic E-state index is 12.3. The van der Waals surface area contributed by atoms with Crippen LogP contribution in [0, 0.1) is 6.92 Å². The minimum absolute atomic E-state index is 0.209. The largest absolute Gasteiger partial charge is 0.573 e. The lowest BCUT2D eigenvalue weighted by molar-refractivity contribution is -0.274. The molecule has 0 N–H and O–H groups in total. The van der Waals surface area contributed by atoms with Crippen molar-refractivity contribution < 1.29 is 17.9 Å². The van der Waals surface area contributed by atoms with Gasteiger partial charge in [0, 0.05) is 18.0 Å². The van der Waals surface area contributed by atoms with Crippen molar-refractivity contribution in [1.82, 2.24) is 4.98 Å². The Bertz CT molecular complexity index is 538. The van der Waals surface area contributed by atoms with E-state index in [-0.39, 0.29) is 5.75 Å². The van der Waals surface area contributed by atoms with Crippen molar-refractivity contribution in [2.75, 3.05) is 0 Å². The van der Waals surface area contributed by atoms with E-state index in [1.807, 2.05) is 6.92 Å². The highest BCUT2D eigenvalue weighted by Gasteiger charge is 2.32. The van der Waals surface area contributed by atoms with Crippen LogP contribution in [0.3, 0.4) is 0 Å². The zero-order chi connectivity index (χ0) is 13.2. The molecule has 5 heteroatoms. The molecule has 0 unspecified atom stereocenters. The summed E-state index contributed by atoms with van der Waals surface area (Å²) in [7, 11) is 0. The first kappa shape index (κ1) is 12.4. The fraction of sp³-hybridized carbons (Fsp3) is 0.154. The Kier molecular flexibility index (Phi) is 3.23. The van der Waals surface area contributed by atoms with Gasteiger partial charge in [0.2, 0.25) is 0 Å². The minimum Gasteiger partial charge on any atom is -0.405 e. The van der Waals surface area contributed by atoms with Crippen LogP contribution in [0.5, 0.6) is 5.75 Å². The molecule has 0 fully saturated rings. The molecule has 2 aromatic rings. The van der Waals surface area contributed by atoms with Gasteiger partial charge in [0.15, 0.2) is 0 Å². The quantitative estimate of drug-likeness (QED) is 0.808. The fourth-order valence-corrected chi connectivity index (χ4v) is 1.61. The lowest BCUT2D eigenvalue weighted by atomic mass is 10.0. The normalized spacial score (nSPS) is 11.3. The average Bonchev–Trinajstić information content (AvgIpc) is 2.31. The first-order valence-electron chi connectivity index (χ1n) is 5.22. The van der Waals surface area contributed by atoms with E-state index in [0.29, 0.717) is 11.1 Å². The summed E-state index contributed by atoms with van der Waals surface area (Å²) < 4.78 is 40.9. The highest BCUT2D eigenvalue weighted by Crippen LogP contribution is 2.34. The van der Waals surface area contributed by atoms with Gasteiger partial charge in [0.05, 0.1) is 0 Å². The second kappa shape index (κ2) is 4.68. The summed E-state index contributed by atoms with van der Waals surface area (Å²) in [5, 5.41) is 0. The monoisotopic (exact) mass is 253 g/mol. The Morgan fingerprint density at radius 1 is 1.06 bits per heavy atom. The van der Waals surface area contributed by atoms with Crippen LogP contribution in [0.1, 0.15) is 5.56 Å². The number of aryl methyl sites for hydroxylation is 1. The Labute approximate surface area is 102 Å². The number of rotatable bonds is 2. The molecule has 1 aromatic carbocycles. The van der Waals surface area contributed by atoms with Gasteiger partial charge in [-0.25, -0.2) is 0 Å². The Morgan fingerprint density at radius 2 is 1.72 bits per heavy atom. The number of benzene rings is 1. The number of nitrogens with zero attached hydrogens (tertiary/aromatic N) is 1. The predicted octanol–water partition coefficient (Wildman–Crippen LogP) is 3.96. The van der Waals surface area contributed by atoms with E-state index in [1.165, 1.54) is 18.5 Å². The lowest BCUT2D eigenvalue weighted by Crippen LogP contribution is -2.17. The van der Waals surface area contributed by atoms with Crippen molar-refractivity contribution in [1.29, 1.82) is 0 Å². The third kappa shape index (κ3) is 3.00. The number of aromatic nitrogens is 1. The SMILES string of the molecule is Cc1ccc(OC(F)(F)F)c(-c2ccncc2)c1. The molecule has 2 nitrogen and oxygen atoms in total. The predicted molar refractivity (Wildman–Crippen MR) is 61.1 cm³/mol. The van der Waals surface area contributed by atoms with Crippen LogP contribution in [0.25, 0.3) is 11.1 Å². The third-order valence-electron chi connectivity index (χ3n) is 2.35. The standard InChI is InChI=1S/C13H10F3NO/c1-9-2-3-12(18-13(14,15)16)11(8-9)10-4-6-17-7-5-10/h2-8H,1H3. The summed E-state index contributed by atoms with van der Waals surface area (Å²) in [5.74, 6) is -0.209. The number of ether oxygens (including phenoxy) is 1. The molecule has 1 aromatic heterocycles. The van der Waals surface area contributed by atoms with Crippen molar-refractivity contribution in [3.05, 3.63) is 48.3 Å². The summed E-state index contributed by atoms with van der Waals surface area (Å²) in [6, 6.07) is 7.82. The maximum Gasteiger partial charge on any atom is 0.573 e. The highest BCUT2D eigenvalue weighted by atomic mass is 19.4. The molecule has 0 bridgehead atoms. The van der Waals surface area contributed by atoms with Gasteiger partial charge < -0.3 is 4.74 Å². The van der Waals surface area contributed by atoms with Crippen molar-refractivity contribution >= 4 is 0 Å². The number of alkyl halides is 3. The molecule has 0 radical (unpaired) electrons. The van der Waals surface area contributed by atoms with Gasteiger partial charge in [-0.3, -0.25) is 4.98 Å².